The molecule has 0 aliphatic heterocycles. The quantitative estimate of drug-likeness (QED) is 0.554. The van der Waals surface area contributed by atoms with Crippen molar-refractivity contribution in [2.24, 2.45) is 21.1 Å². The Morgan fingerprint density at radius 1 is 1.03 bits per heavy atom. The van der Waals surface area contributed by atoms with Gasteiger partial charge in [-0.25, -0.2) is 19.6 Å². The number of aryl methyl sites for hydroxylation is 3. The predicted octanol–water partition coefficient (Wildman–Crippen LogP) is 0.609. The zero-order valence-corrected chi connectivity index (χ0v) is 17.8. The van der Waals surface area contributed by atoms with Gasteiger partial charge in [0.05, 0.1) is 14.2 Å². The Hall–Kier alpha value is -3.63. The number of imidazole rings is 1. The Bertz CT molecular complexity index is 1240. The largest absolute Gasteiger partial charge is 0.496 e. The van der Waals surface area contributed by atoms with Gasteiger partial charge in [-0.15, -0.1) is 0 Å². The van der Waals surface area contributed by atoms with Crippen LogP contribution in [0.5, 0.6) is 11.6 Å². The van der Waals surface area contributed by atoms with Crippen molar-refractivity contribution in [3.8, 4) is 11.6 Å². The summed E-state index contributed by atoms with van der Waals surface area (Å²) in [7, 11) is 7.35. The molecule has 30 heavy (non-hydrogen) atoms. The SMILES string of the molecule is COc1cc(C)nc(OC)c1C(=O)OC(C)c1nc2c(c(=O)n(C)c(=O)n2C)n1C. The first-order valence-electron chi connectivity index (χ1n) is 9.05. The van der Waals surface area contributed by atoms with Gasteiger partial charge in [0.2, 0.25) is 5.88 Å². The van der Waals surface area contributed by atoms with Gasteiger partial charge >= 0.3 is 11.7 Å². The van der Waals surface area contributed by atoms with Crippen molar-refractivity contribution < 1.29 is 19.0 Å². The van der Waals surface area contributed by atoms with Gasteiger partial charge in [0.15, 0.2) is 28.7 Å². The molecule has 0 radical (unpaired) electrons. The summed E-state index contributed by atoms with van der Waals surface area (Å²) >= 11 is 0. The number of rotatable bonds is 5. The maximum atomic E-state index is 12.9. The van der Waals surface area contributed by atoms with Crippen LogP contribution in [0.15, 0.2) is 15.7 Å². The first kappa shape index (κ1) is 21.1. The number of hydrogen-bond donors (Lipinski definition) is 0. The fourth-order valence-corrected chi connectivity index (χ4v) is 3.28. The Morgan fingerprint density at radius 2 is 1.70 bits per heavy atom. The van der Waals surface area contributed by atoms with Gasteiger partial charge in [0, 0.05) is 32.9 Å². The Kier molecular flexibility index (Phi) is 5.38. The van der Waals surface area contributed by atoms with Crippen LogP contribution in [0.3, 0.4) is 0 Å². The number of fused-ring (bicyclic) bond motifs is 1. The molecule has 0 saturated carbocycles. The van der Waals surface area contributed by atoms with E-state index in [9.17, 15) is 14.4 Å². The Labute approximate surface area is 171 Å². The molecule has 11 nitrogen and oxygen atoms in total. The van der Waals surface area contributed by atoms with Crippen molar-refractivity contribution in [1.29, 1.82) is 0 Å². The summed E-state index contributed by atoms with van der Waals surface area (Å²) in [6.45, 7) is 3.36. The van der Waals surface area contributed by atoms with Gasteiger partial charge in [-0.2, -0.15) is 0 Å². The minimum absolute atomic E-state index is 0.0412. The molecule has 0 fully saturated rings. The van der Waals surface area contributed by atoms with Crippen molar-refractivity contribution in [2.45, 2.75) is 20.0 Å². The van der Waals surface area contributed by atoms with E-state index in [1.807, 2.05) is 0 Å². The smallest absolute Gasteiger partial charge is 0.348 e. The summed E-state index contributed by atoms with van der Waals surface area (Å²) in [5.74, 6) is -0.0877. The van der Waals surface area contributed by atoms with Crippen LogP contribution in [-0.4, -0.2) is 43.9 Å². The summed E-state index contributed by atoms with van der Waals surface area (Å²) in [4.78, 5) is 46.2. The summed E-state index contributed by atoms with van der Waals surface area (Å²) in [6, 6.07) is 1.60. The van der Waals surface area contributed by atoms with Gasteiger partial charge in [0.1, 0.15) is 5.75 Å². The lowest BCUT2D eigenvalue weighted by Gasteiger charge is -2.16. The zero-order valence-electron chi connectivity index (χ0n) is 17.8. The normalized spacial score (nSPS) is 12.1. The summed E-state index contributed by atoms with van der Waals surface area (Å²) in [6.07, 6.45) is -0.842. The molecule has 3 aromatic rings. The predicted molar refractivity (Wildman–Crippen MR) is 107 cm³/mol. The second-order valence-electron chi connectivity index (χ2n) is 6.80. The first-order valence-corrected chi connectivity index (χ1v) is 9.05. The third-order valence-corrected chi connectivity index (χ3v) is 4.85. The van der Waals surface area contributed by atoms with Gasteiger partial charge in [-0.05, 0) is 13.8 Å². The molecular formula is C19H23N5O6. The number of ether oxygens (including phenoxy) is 3. The minimum Gasteiger partial charge on any atom is -0.496 e. The number of carbonyl (C=O) groups excluding carboxylic acids is 1. The molecule has 0 bridgehead atoms. The van der Waals surface area contributed by atoms with E-state index in [4.69, 9.17) is 14.2 Å². The lowest BCUT2D eigenvalue weighted by molar-refractivity contribution is 0.0307. The second-order valence-corrected chi connectivity index (χ2v) is 6.80. The molecule has 160 valence electrons. The summed E-state index contributed by atoms with van der Waals surface area (Å²) < 4.78 is 19.9. The highest BCUT2D eigenvalue weighted by Crippen LogP contribution is 2.30. The fourth-order valence-electron chi connectivity index (χ4n) is 3.28. The maximum absolute atomic E-state index is 12.9. The van der Waals surface area contributed by atoms with Crippen molar-refractivity contribution in [3.05, 3.63) is 44.0 Å². The first-order chi connectivity index (χ1) is 14.1. The van der Waals surface area contributed by atoms with E-state index >= 15 is 0 Å². The van der Waals surface area contributed by atoms with Crippen LogP contribution in [0, 0.1) is 6.92 Å². The lowest BCUT2D eigenvalue weighted by Crippen LogP contribution is -2.37. The molecule has 0 aromatic carbocycles. The van der Waals surface area contributed by atoms with Crippen molar-refractivity contribution in [2.75, 3.05) is 14.2 Å². The molecular weight excluding hydrogens is 394 g/mol. The zero-order chi connectivity index (χ0) is 22.3. The summed E-state index contributed by atoms with van der Waals surface area (Å²) in [5, 5.41) is 0. The van der Waals surface area contributed by atoms with Crippen molar-refractivity contribution >= 4 is 17.1 Å². The van der Waals surface area contributed by atoms with E-state index in [2.05, 4.69) is 9.97 Å². The van der Waals surface area contributed by atoms with Crippen LogP contribution in [-0.2, 0) is 25.9 Å². The number of hydrogen-bond acceptors (Lipinski definition) is 8. The second kappa shape index (κ2) is 7.65. The summed E-state index contributed by atoms with van der Waals surface area (Å²) in [5.41, 5.74) is 0.0983. The van der Waals surface area contributed by atoms with E-state index in [0.717, 1.165) is 4.57 Å². The molecule has 0 amide bonds. The highest BCUT2D eigenvalue weighted by atomic mass is 16.5. The Morgan fingerprint density at radius 3 is 2.30 bits per heavy atom. The third kappa shape index (κ3) is 3.21. The molecule has 3 rings (SSSR count). The molecule has 0 saturated heterocycles. The van der Waals surface area contributed by atoms with Gasteiger partial charge < -0.3 is 18.8 Å². The number of methoxy groups -OCH3 is 2. The van der Waals surface area contributed by atoms with Crippen molar-refractivity contribution in [3.63, 3.8) is 0 Å². The van der Waals surface area contributed by atoms with E-state index in [1.54, 1.807) is 27.0 Å². The molecule has 3 aromatic heterocycles. The lowest BCUT2D eigenvalue weighted by atomic mass is 10.2. The average Bonchev–Trinajstić information content (AvgIpc) is 3.07. The van der Waals surface area contributed by atoms with Crippen LogP contribution >= 0.6 is 0 Å². The minimum atomic E-state index is -0.842. The third-order valence-electron chi connectivity index (χ3n) is 4.85. The number of esters is 1. The van der Waals surface area contributed by atoms with Gasteiger partial charge in [0.25, 0.3) is 5.56 Å². The number of aromatic nitrogens is 5. The van der Waals surface area contributed by atoms with E-state index in [0.29, 0.717) is 11.5 Å². The molecule has 0 spiro atoms. The van der Waals surface area contributed by atoms with Crippen LogP contribution in [0.2, 0.25) is 0 Å². The standard InChI is InChI=1S/C19H23N5O6/c1-9-8-11(28-6)12(16(20-9)29-7)18(26)30-10(2)14-21-15-13(22(14)3)17(25)24(5)19(27)23(15)4/h8,10H,1-7H3. The molecule has 3 heterocycles. The van der Waals surface area contributed by atoms with Crippen LogP contribution in [0.1, 0.15) is 34.9 Å². The highest BCUT2D eigenvalue weighted by molar-refractivity contribution is 5.95. The molecule has 1 atom stereocenters. The van der Waals surface area contributed by atoms with Crippen LogP contribution in [0.25, 0.3) is 11.2 Å². The molecule has 11 heteroatoms. The number of pyridine rings is 1. The highest BCUT2D eigenvalue weighted by Gasteiger charge is 2.27. The number of carbonyl (C=O) groups is 1. The van der Waals surface area contributed by atoms with Crippen LogP contribution in [0.4, 0.5) is 0 Å². The molecule has 0 aliphatic carbocycles. The Balaban J connectivity index is 2.06. The average molecular weight is 417 g/mol. The van der Waals surface area contributed by atoms with Crippen molar-refractivity contribution in [1.82, 2.24) is 23.7 Å². The van der Waals surface area contributed by atoms with E-state index in [-0.39, 0.29) is 28.4 Å². The van der Waals surface area contributed by atoms with E-state index in [1.165, 1.54) is 37.4 Å². The van der Waals surface area contributed by atoms with E-state index < -0.39 is 23.3 Å². The fraction of sp³-hybridized carbons (Fsp3) is 0.421. The monoisotopic (exact) mass is 417 g/mol. The molecule has 0 N–H and O–H groups in total. The van der Waals surface area contributed by atoms with Gasteiger partial charge in [-0.3, -0.25) is 13.9 Å². The van der Waals surface area contributed by atoms with Gasteiger partial charge in [-0.1, -0.05) is 0 Å². The van der Waals surface area contributed by atoms with Crippen LogP contribution < -0.4 is 20.7 Å². The molecule has 1 unspecified atom stereocenters. The maximum Gasteiger partial charge on any atom is 0.348 e. The molecule has 0 aliphatic rings. The number of nitrogens with zero attached hydrogens (tertiary/aromatic N) is 5. The topological polar surface area (TPSA) is 119 Å².